The molecule has 0 atom stereocenters. The van der Waals surface area contributed by atoms with Gasteiger partial charge in [-0.2, -0.15) is 0 Å². The SMILES string of the molecule is C.Ic1ccc2c(ccc3ccccc32)c1.[B][B][B].[HH].[HH].[HH].c1ccc(-c2ccc(N(c3ccc(-c4ccc5c(ccc6ccccc65)c4)cc3)c3ccc(-c4cccc5c4oc4ccccc45)cc3)cc2)cc1.c1ccc(-c2ccc(Nc3ccc(-c4cccc5c4oc4ccccc45)cc3)cc2)cc1. The van der Waals surface area contributed by atoms with E-state index in [1.807, 2.05) is 30.3 Å². The number of para-hydroxylation sites is 4. The van der Waals surface area contributed by atoms with Crippen molar-refractivity contribution in [1.82, 2.24) is 0 Å². The largest absolute Gasteiger partial charge is 0.455 e. The third-order valence-electron chi connectivity index (χ3n) is 18.9. The second kappa shape index (κ2) is 30.4. The molecule has 491 valence electrons. The minimum atomic E-state index is 0. The van der Waals surface area contributed by atoms with E-state index in [1.165, 1.54) is 80.0 Å². The number of nitrogens with zero attached hydrogens (tertiary/aromatic N) is 1. The molecule has 0 unspecified atom stereocenters. The summed E-state index contributed by atoms with van der Waals surface area (Å²) >= 11 is 2.35. The number of furan rings is 2. The van der Waals surface area contributed by atoms with Crippen molar-refractivity contribution in [3.8, 4) is 55.6 Å². The monoisotopic (exact) mass is 1430 g/mol. The maximum absolute atomic E-state index is 6.38. The number of halogens is 1. The highest BCUT2D eigenvalue weighted by molar-refractivity contribution is 14.1. The van der Waals surface area contributed by atoms with E-state index in [0.29, 0.717) is 0 Å². The van der Waals surface area contributed by atoms with Crippen molar-refractivity contribution in [3.63, 3.8) is 0 Å². The van der Waals surface area contributed by atoms with Crippen LogP contribution in [0.4, 0.5) is 28.4 Å². The van der Waals surface area contributed by atoms with E-state index in [4.69, 9.17) is 8.83 Å². The van der Waals surface area contributed by atoms with E-state index in [-0.39, 0.29) is 11.7 Å². The van der Waals surface area contributed by atoms with Gasteiger partial charge in [-0.05, 0) is 201 Å². The van der Waals surface area contributed by atoms with Gasteiger partial charge in [0.1, 0.15) is 22.3 Å². The number of rotatable bonds is 10. The number of hydrogen-bond donors (Lipinski definition) is 1. The van der Waals surface area contributed by atoms with Gasteiger partial charge >= 0.3 is 0 Å². The average Bonchev–Trinajstić information content (AvgIpc) is 1.01. The average molecular weight is 1430 g/mol. The summed E-state index contributed by atoms with van der Waals surface area (Å²) in [5.41, 5.74) is 20.8. The smallest absolute Gasteiger partial charge is 0.143 e. The quantitative estimate of drug-likeness (QED) is 0.0842. The molecule has 0 aliphatic rings. The fraction of sp³-hybridized carbons (Fsp3) is 0.0105. The first-order valence-electron chi connectivity index (χ1n) is 34.1. The molecule has 2 aromatic heterocycles. The Bertz CT molecular complexity index is 6160. The minimum Gasteiger partial charge on any atom is -0.455 e. The number of anilines is 5. The molecule has 5 radical (unpaired) electrons. The molecule has 0 spiro atoms. The summed E-state index contributed by atoms with van der Waals surface area (Å²) in [5, 5.41) is 18.5. The lowest BCUT2D eigenvalue weighted by atomic mass is 9.40. The Balaban J connectivity index is 0.000000165. The van der Waals surface area contributed by atoms with Crippen LogP contribution < -0.4 is 10.2 Å². The highest BCUT2D eigenvalue weighted by Gasteiger charge is 2.18. The van der Waals surface area contributed by atoms with Crippen LogP contribution in [0.3, 0.4) is 0 Å². The summed E-state index contributed by atoms with van der Waals surface area (Å²) in [7, 11) is 10.0. The summed E-state index contributed by atoms with van der Waals surface area (Å²) < 4.78 is 13.9. The van der Waals surface area contributed by atoms with Gasteiger partial charge in [-0.25, -0.2) is 0 Å². The summed E-state index contributed by atoms with van der Waals surface area (Å²) in [4.78, 5) is 2.33. The van der Waals surface area contributed by atoms with Crippen LogP contribution in [0.2, 0.25) is 0 Å². The number of nitrogens with one attached hydrogen (secondary N) is 1. The maximum Gasteiger partial charge on any atom is 0.143 e. The molecule has 19 rings (SSSR count). The Morgan fingerprint density at radius 2 is 0.592 bits per heavy atom. The van der Waals surface area contributed by atoms with Gasteiger partial charge in [0, 0.05) is 91.5 Å². The van der Waals surface area contributed by atoms with E-state index < -0.39 is 0 Å². The molecule has 8 heteroatoms. The predicted octanol–water partition coefficient (Wildman–Crippen LogP) is 27.9. The fourth-order valence-electron chi connectivity index (χ4n) is 13.9. The first kappa shape index (κ1) is 66.8. The lowest BCUT2D eigenvalue weighted by Crippen LogP contribution is -2.09. The first-order chi connectivity index (χ1) is 50.4. The van der Waals surface area contributed by atoms with E-state index >= 15 is 0 Å². The molecule has 4 nitrogen and oxygen atoms in total. The van der Waals surface area contributed by atoms with Crippen LogP contribution in [0, 0.1) is 3.57 Å². The molecule has 17 aromatic carbocycles. The molecule has 2 heterocycles. The van der Waals surface area contributed by atoms with Crippen molar-refractivity contribution < 1.29 is 13.1 Å². The van der Waals surface area contributed by atoms with Crippen molar-refractivity contribution >= 4 is 161 Å². The zero-order chi connectivity index (χ0) is 68.7. The Labute approximate surface area is 622 Å². The van der Waals surface area contributed by atoms with Crippen LogP contribution in [0.15, 0.2) is 385 Å². The van der Waals surface area contributed by atoms with Crippen LogP contribution in [-0.4, -0.2) is 22.5 Å². The summed E-state index contributed by atoms with van der Waals surface area (Å²) in [5.74, 6) is 0. The highest BCUT2D eigenvalue weighted by Crippen LogP contribution is 2.42. The fourth-order valence-corrected chi connectivity index (χ4v) is 14.4. The van der Waals surface area contributed by atoms with Gasteiger partial charge < -0.3 is 19.1 Å². The van der Waals surface area contributed by atoms with Crippen LogP contribution in [0.5, 0.6) is 0 Å². The maximum atomic E-state index is 6.38. The molecule has 0 fully saturated rings. The summed E-state index contributed by atoms with van der Waals surface area (Å²) in [6, 6.07) is 133. The van der Waals surface area contributed by atoms with Crippen LogP contribution in [0.1, 0.15) is 11.7 Å². The molecule has 0 bridgehead atoms. The van der Waals surface area contributed by atoms with Crippen molar-refractivity contribution in [3.05, 3.63) is 380 Å². The van der Waals surface area contributed by atoms with Crippen molar-refractivity contribution in [2.45, 2.75) is 7.43 Å². The predicted molar refractivity (Wildman–Crippen MR) is 459 cm³/mol. The Morgan fingerprint density at radius 3 is 1.06 bits per heavy atom. The lowest BCUT2D eigenvalue weighted by molar-refractivity contribution is 0.669. The number of hydrogen-bond acceptors (Lipinski definition) is 4. The van der Waals surface area contributed by atoms with Gasteiger partial charge in [-0.3, -0.25) is 0 Å². The van der Waals surface area contributed by atoms with Gasteiger partial charge in [0.2, 0.25) is 0 Å². The summed E-state index contributed by atoms with van der Waals surface area (Å²) in [6.07, 6.45) is 0. The van der Waals surface area contributed by atoms with Crippen molar-refractivity contribution in [2.24, 2.45) is 0 Å². The van der Waals surface area contributed by atoms with Gasteiger partial charge in [0.15, 0.2) is 0 Å². The Hall–Kier alpha value is -12.1. The molecule has 1 N–H and O–H groups in total. The van der Waals surface area contributed by atoms with E-state index in [1.54, 1.807) is 0 Å². The lowest BCUT2D eigenvalue weighted by Gasteiger charge is -2.26. The van der Waals surface area contributed by atoms with Crippen molar-refractivity contribution in [1.29, 1.82) is 0 Å². The van der Waals surface area contributed by atoms with Crippen LogP contribution >= 0.6 is 22.6 Å². The Morgan fingerprint density at radius 1 is 0.272 bits per heavy atom. The topological polar surface area (TPSA) is 41.6 Å². The second-order valence-electron chi connectivity index (χ2n) is 25.1. The molecule has 0 saturated carbocycles. The third-order valence-corrected chi connectivity index (χ3v) is 19.5. The Kier molecular flexibility index (Phi) is 19.7. The van der Waals surface area contributed by atoms with Gasteiger partial charge in [-0.15, -0.1) is 0 Å². The first-order valence-corrected chi connectivity index (χ1v) is 35.2. The standard InChI is InChI=1S/C50H33NO.C30H21NO.C14H9I.CH4.B3.3H2/c1-2-9-34(10-3-1)35-19-26-41(27-20-35)51(43-30-23-38(24-31-43)46-14-8-15-48-47-13-6-7-16-49(47)52-50(46)48)42-28-21-36(22-29-42)39-25-32-45-40(33-39)18-17-37-11-4-5-12-44(37)45;1-2-7-21(8-3-1)22-13-17-24(18-14-22)31-25-19-15-23(16-20-25)26-10-6-11-28-27-9-4-5-12-29(27)32-30(26)28;15-12-7-8-14-11(9-12)6-5-10-3-1-2-4-13(10)14;;1-3-2;;;/h1-33H;1-20,31H;1-9H;1H4;;3*1H. The number of benzene rings is 17. The summed E-state index contributed by atoms with van der Waals surface area (Å²) in [6.45, 7) is 0. The van der Waals surface area contributed by atoms with E-state index in [2.05, 4.69) is 394 Å². The minimum absolute atomic E-state index is 0. The molecule has 19 aromatic rings. The zero-order valence-corrected chi connectivity index (χ0v) is 57.8. The number of fused-ring (bicyclic) bond motifs is 12. The van der Waals surface area contributed by atoms with Crippen LogP contribution in [0.25, 0.3) is 143 Å². The third kappa shape index (κ3) is 14.1. The molecular formula is C95H73B3IN2O2. The molecule has 103 heavy (non-hydrogen) atoms. The van der Waals surface area contributed by atoms with Crippen LogP contribution in [-0.2, 0) is 0 Å². The van der Waals surface area contributed by atoms with Gasteiger partial charge in [-0.1, -0.05) is 293 Å². The van der Waals surface area contributed by atoms with Gasteiger partial charge in [0.25, 0.3) is 0 Å². The normalized spacial score (nSPS) is 11.0. The zero-order valence-electron chi connectivity index (χ0n) is 55.7. The van der Waals surface area contributed by atoms with Gasteiger partial charge in [0.05, 0.1) is 0 Å². The molecule has 0 amide bonds. The molecule has 0 aliphatic heterocycles. The molecule has 0 aliphatic carbocycles. The second-order valence-corrected chi connectivity index (χ2v) is 26.4. The molecule has 0 saturated heterocycles. The molecular weight excluding hydrogens is 1360 g/mol. The van der Waals surface area contributed by atoms with E-state index in [9.17, 15) is 0 Å². The van der Waals surface area contributed by atoms with Crippen molar-refractivity contribution in [2.75, 3.05) is 10.2 Å². The van der Waals surface area contributed by atoms with E-state index in [0.717, 1.165) is 102 Å². The highest BCUT2D eigenvalue weighted by atomic mass is 127.